The average Bonchev–Trinajstić information content (AvgIpc) is 1.68. The Labute approximate surface area is 697 Å². The molecule has 10 heterocycles. The zero-order valence-electron chi connectivity index (χ0n) is 70.6. The number of hydrogen-bond acceptors (Lipinski definition) is 20. The monoisotopic (exact) mass is 1620 g/mol. The van der Waals surface area contributed by atoms with Crippen molar-refractivity contribution in [3.05, 3.63) is 241 Å². The Kier molecular flexibility index (Phi) is 28.1. The Morgan fingerprint density at radius 3 is 1.34 bits per heavy atom. The summed E-state index contributed by atoms with van der Waals surface area (Å²) in [6.07, 6.45) is 17.7. The largest absolute Gasteiger partial charge is 0.443 e. The minimum Gasteiger partial charge on any atom is -0.443 e. The molecule has 119 heavy (non-hydrogen) atoms. The van der Waals surface area contributed by atoms with Crippen LogP contribution in [0.15, 0.2) is 196 Å². The van der Waals surface area contributed by atoms with Crippen LogP contribution in [0.5, 0.6) is 0 Å². The molecule has 0 saturated carbocycles. The van der Waals surface area contributed by atoms with Gasteiger partial charge in [0.15, 0.2) is 0 Å². The molecule has 26 nitrogen and oxygen atoms in total. The number of amides is 6. The number of rotatable bonds is 11. The minimum absolute atomic E-state index is 0.0105. The number of aliphatic hydroxyl groups is 1. The highest BCUT2D eigenvalue weighted by Gasteiger charge is 2.40. The number of anilines is 12. The SMILES string of the molecule is C=CCC(O)c1ccc2c(c1)N(C(=O)OC(C)(C)C)Cc1cccnc1N2C(=O)OC(C)(C)C.C=CCOC(CC=C)c1ccc2c(c1)N(C(=O)OC(C)(C)C)Cc1cccnc1N2C(=O)OC(C)(C)C.CC(=O)N1Cc2cccnc2Nc2ccc(C3CC=CCO3)cc21.CC(=O)N1Cc2cccnc2Nc2ccc(C3CCCCO3)cc21. The van der Waals surface area contributed by atoms with Gasteiger partial charge >= 0.3 is 24.4 Å². The number of nitrogens with one attached hydrogen (secondary N) is 2. The normalized spacial score (nSPS) is 16.3. The Morgan fingerprint density at radius 2 is 0.916 bits per heavy atom. The maximum atomic E-state index is 13.5. The lowest BCUT2D eigenvalue weighted by atomic mass is 10.00. The van der Waals surface area contributed by atoms with Crippen LogP contribution in [0.2, 0.25) is 0 Å². The van der Waals surface area contributed by atoms with Gasteiger partial charge in [-0.15, -0.1) is 19.7 Å². The molecule has 0 radical (unpaired) electrons. The minimum atomic E-state index is -0.818. The number of pyridine rings is 4. The van der Waals surface area contributed by atoms with Crippen molar-refractivity contribution < 1.29 is 67.0 Å². The van der Waals surface area contributed by atoms with Crippen molar-refractivity contribution in [1.29, 1.82) is 0 Å². The third-order valence-corrected chi connectivity index (χ3v) is 19.4. The summed E-state index contributed by atoms with van der Waals surface area (Å²) < 4.78 is 40.6. The average molecular weight is 1620 g/mol. The summed E-state index contributed by atoms with van der Waals surface area (Å²) in [4.78, 5) is 105. The van der Waals surface area contributed by atoms with E-state index in [2.05, 4.69) is 80.6 Å². The summed E-state index contributed by atoms with van der Waals surface area (Å²) in [5, 5.41) is 17.3. The summed E-state index contributed by atoms with van der Waals surface area (Å²) in [7, 11) is 0. The van der Waals surface area contributed by atoms with E-state index in [0.717, 1.165) is 88.1 Å². The first-order chi connectivity index (χ1) is 56.6. The van der Waals surface area contributed by atoms with E-state index in [1.165, 1.54) is 26.0 Å². The van der Waals surface area contributed by atoms with Crippen LogP contribution in [-0.4, -0.2) is 103 Å². The zero-order valence-corrected chi connectivity index (χ0v) is 70.6. The highest BCUT2D eigenvalue weighted by atomic mass is 16.6. The van der Waals surface area contributed by atoms with Crippen LogP contribution >= 0.6 is 0 Å². The molecule has 6 amide bonds. The van der Waals surface area contributed by atoms with Gasteiger partial charge in [-0.3, -0.25) is 19.4 Å². The highest BCUT2D eigenvalue weighted by Crippen LogP contribution is 2.47. The van der Waals surface area contributed by atoms with Crippen molar-refractivity contribution in [2.45, 2.75) is 208 Å². The molecule has 26 heteroatoms. The van der Waals surface area contributed by atoms with Crippen molar-refractivity contribution in [3.63, 3.8) is 0 Å². The quantitative estimate of drug-likeness (QED) is 0.0801. The first-order valence-corrected chi connectivity index (χ1v) is 40.1. The second-order valence-electron chi connectivity index (χ2n) is 33.3. The molecule has 3 N–H and O–H groups in total. The third-order valence-electron chi connectivity index (χ3n) is 19.4. The summed E-state index contributed by atoms with van der Waals surface area (Å²) >= 11 is 0. The summed E-state index contributed by atoms with van der Waals surface area (Å²) in [5.41, 5.74) is 9.29. The topological polar surface area (TPSA) is 282 Å². The maximum Gasteiger partial charge on any atom is 0.420 e. The predicted octanol–water partition coefficient (Wildman–Crippen LogP) is 20.9. The van der Waals surface area contributed by atoms with Gasteiger partial charge in [-0.05, 0) is 217 Å². The van der Waals surface area contributed by atoms with Crippen LogP contribution in [0.4, 0.5) is 87.9 Å². The van der Waals surface area contributed by atoms with Gasteiger partial charge in [0.1, 0.15) is 45.7 Å². The van der Waals surface area contributed by atoms with Gasteiger partial charge in [0.05, 0.1) is 109 Å². The molecule has 626 valence electrons. The van der Waals surface area contributed by atoms with Crippen molar-refractivity contribution >= 4 is 105 Å². The highest BCUT2D eigenvalue weighted by molar-refractivity contribution is 6.06. The van der Waals surface area contributed by atoms with Gasteiger partial charge in [0.2, 0.25) is 11.8 Å². The van der Waals surface area contributed by atoms with Crippen molar-refractivity contribution in [2.24, 2.45) is 0 Å². The number of carbonyl (C=O) groups is 6. The third kappa shape index (κ3) is 22.4. The smallest absolute Gasteiger partial charge is 0.420 e. The molecular formula is C93H110N12O14. The molecule has 6 aliphatic heterocycles. The first kappa shape index (κ1) is 87.7. The van der Waals surface area contributed by atoms with E-state index in [4.69, 9.17) is 33.2 Å². The van der Waals surface area contributed by atoms with Crippen LogP contribution < -0.4 is 40.0 Å². The van der Waals surface area contributed by atoms with E-state index >= 15 is 0 Å². The summed E-state index contributed by atoms with van der Waals surface area (Å²) in [5.74, 6) is 2.40. The lowest BCUT2D eigenvalue weighted by Crippen LogP contribution is -2.37. The molecular weight excluding hydrogens is 1510 g/mol. The van der Waals surface area contributed by atoms with E-state index < -0.39 is 52.9 Å². The summed E-state index contributed by atoms with van der Waals surface area (Å²) in [6.45, 7) is 39.1. The van der Waals surface area contributed by atoms with Gasteiger partial charge in [-0.2, -0.15) is 0 Å². The number of fused-ring (bicyclic) bond motifs is 8. The van der Waals surface area contributed by atoms with Crippen LogP contribution in [-0.2, 0) is 68.9 Å². The lowest BCUT2D eigenvalue weighted by molar-refractivity contribution is -0.117. The Balaban J connectivity index is 0.000000158. The Morgan fingerprint density at radius 1 is 0.479 bits per heavy atom. The van der Waals surface area contributed by atoms with Crippen LogP contribution in [0.25, 0.3) is 0 Å². The first-order valence-electron chi connectivity index (χ1n) is 40.1. The molecule has 0 bridgehead atoms. The Hall–Kier alpha value is -12.1. The zero-order chi connectivity index (χ0) is 85.7. The molecule has 14 rings (SSSR count). The molecule has 4 aromatic heterocycles. The van der Waals surface area contributed by atoms with E-state index in [9.17, 15) is 33.9 Å². The fourth-order valence-corrected chi connectivity index (χ4v) is 14.0. The van der Waals surface area contributed by atoms with E-state index in [1.807, 2.05) is 86.3 Å². The molecule has 1 fully saturated rings. The molecule has 1 saturated heterocycles. The second-order valence-corrected chi connectivity index (χ2v) is 33.3. The van der Waals surface area contributed by atoms with Crippen molar-refractivity contribution in [1.82, 2.24) is 19.9 Å². The number of nitrogens with zero attached hydrogens (tertiary/aromatic N) is 10. The van der Waals surface area contributed by atoms with Crippen LogP contribution in [0, 0.1) is 0 Å². The molecule has 4 atom stereocenters. The fourth-order valence-electron chi connectivity index (χ4n) is 14.0. The summed E-state index contributed by atoms with van der Waals surface area (Å²) in [6, 6.07) is 37.8. The predicted molar refractivity (Wildman–Crippen MR) is 463 cm³/mol. The number of carbonyl (C=O) groups excluding carboxylic acids is 6. The number of hydrogen-bond donors (Lipinski definition) is 3. The van der Waals surface area contributed by atoms with E-state index in [-0.39, 0.29) is 43.2 Å². The van der Waals surface area contributed by atoms with Crippen molar-refractivity contribution in [3.8, 4) is 0 Å². The Bertz CT molecular complexity index is 5070. The molecule has 8 aromatic rings. The lowest BCUT2D eigenvalue weighted by Gasteiger charge is -2.30. The molecule has 6 aliphatic rings. The van der Waals surface area contributed by atoms with Gasteiger partial charge in [-0.25, -0.2) is 48.9 Å². The standard InChI is InChI=1S/C29H37N3O5.C26H33N3O5.C19H21N3O2.C19H19N3O2/c1-9-12-24(35-17-10-2)20-14-15-22-23(18-20)31(26(33)36-28(3,4)5)19-21-13-11-16-30-25(21)32(22)27(34)37-29(6,7)8;1-8-10-21(30)17-12-13-19-20(15-17)28(23(31)33-25(2,3)4)16-18-11-9-14-27-22(18)29(19)24(32)34-26(5,6)7;2*1-13(23)22-12-15-5-4-9-20-19(15)21-16-8-7-14(11-17(16)22)18-6-2-3-10-24-18/h9-11,13-16,18,24H,1-2,12,17,19H2,3-8H3;8-9,11-15,21,30H,1,10,16H2,2-7H3;4-5,7-9,11,18H,2-3,6,10,12H2,1H3,(H,20,21);2-5,7-9,11,18H,6,10,12H2,1H3,(H,20,21). The number of aliphatic hydroxyl groups excluding tert-OH is 1. The molecule has 4 aromatic carbocycles. The van der Waals surface area contributed by atoms with Crippen molar-refractivity contribution in [2.75, 3.05) is 59.9 Å². The van der Waals surface area contributed by atoms with Crippen LogP contribution in [0.1, 0.15) is 204 Å². The molecule has 0 spiro atoms. The van der Waals surface area contributed by atoms with E-state index in [0.29, 0.717) is 90.2 Å². The second kappa shape index (κ2) is 38.1. The molecule has 4 unspecified atom stereocenters. The van der Waals surface area contributed by atoms with Gasteiger partial charge in [-0.1, -0.05) is 78.9 Å². The van der Waals surface area contributed by atoms with E-state index in [1.54, 1.807) is 167 Å². The number of aromatic nitrogens is 4. The maximum absolute atomic E-state index is 13.5. The van der Waals surface area contributed by atoms with Gasteiger partial charge in [0.25, 0.3) is 0 Å². The number of ether oxygens (including phenoxy) is 7. The molecule has 0 aliphatic carbocycles. The fraction of sp³-hybridized carbons (Fsp3) is 0.376. The number of benzene rings is 4. The van der Waals surface area contributed by atoms with Gasteiger partial charge in [0, 0.05) is 67.5 Å². The van der Waals surface area contributed by atoms with Gasteiger partial charge < -0.3 is 58.7 Å². The van der Waals surface area contributed by atoms with Crippen LogP contribution in [0.3, 0.4) is 0 Å².